The molecule has 0 aromatic carbocycles. The highest BCUT2D eigenvalue weighted by Crippen LogP contribution is 2.27. The molecule has 0 saturated carbocycles. The van der Waals surface area contributed by atoms with Crippen molar-refractivity contribution in [3.8, 4) is 0 Å². The fourth-order valence-electron chi connectivity index (χ4n) is 1.45. The number of hydrogen-bond donors (Lipinski definition) is 1. The van der Waals surface area contributed by atoms with Crippen LogP contribution in [0.15, 0.2) is 0 Å². The van der Waals surface area contributed by atoms with Gasteiger partial charge in [-0.25, -0.2) is 9.68 Å². The Hall–Kier alpha value is -0.610. The van der Waals surface area contributed by atoms with Crippen LogP contribution in [-0.2, 0) is 14.4 Å². The highest BCUT2D eigenvalue weighted by molar-refractivity contribution is 5.79. The molecule has 4 nitrogen and oxygen atoms in total. The number of hydrogen-bond acceptors (Lipinski definition) is 4. The molecule has 1 N–H and O–H groups in total. The van der Waals surface area contributed by atoms with Crippen molar-refractivity contribution in [3.05, 3.63) is 0 Å². The average molecular weight is 246 g/mol. The Kier molecular flexibility index (Phi) is 6.72. The predicted octanol–water partition coefficient (Wildman–Crippen LogP) is 3.55. The standard InChI is InChI=1S/C13H26O4/c1-6-9-10-13(8-3,17-15)11(14)16-12(4,5)7-2/h15H,6-10H2,1-5H3. The minimum atomic E-state index is -1.21. The van der Waals surface area contributed by atoms with E-state index in [0.29, 0.717) is 12.8 Å². The SMILES string of the molecule is CCCCC(CC)(OO)C(=O)OC(C)(C)CC. The maximum Gasteiger partial charge on any atom is 0.342 e. The zero-order chi connectivity index (χ0) is 13.5. The number of rotatable bonds is 8. The molecular formula is C13H26O4. The van der Waals surface area contributed by atoms with Crippen LogP contribution < -0.4 is 0 Å². The lowest BCUT2D eigenvalue weighted by molar-refractivity contribution is -0.323. The van der Waals surface area contributed by atoms with Gasteiger partial charge in [0.1, 0.15) is 5.60 Å². The number of unbranched alkanes of at least 4 members (excludes halogenated alkanes) is 1. The average Bonchev–Trinajstić information content (AvgIpc) is 2.30. The molecule has 0 aromatic rings. The summed E-state index contributed by atoms with van der Waals surface area (Å²) in [4.78, 5) is 16.6. The van der Waals surface area contributed by atoms with E-state index in [2.05, 4.69) is 4.89 Å². The molecule has 0 aliphatic carbocycles. The van der Waals surface area contributed by atoms with Gasteiger partial charge in [0.15, 0.2) is 5.60 Å². The molecule has 0 aliphatic rings. The van der Waals surface area contributed by atoms with Crippen molar-refractivity contribution in [3.63, 3.8) is 0 Å². The van der Waals surface area contributed by atoms with Gasteiger partial charge in [0, 0.05) is 0 Å². The zero-order valence-electron chi connectivity index (χ0n) is 11.7. The molecule has 4 heteroatoms. The summed E-state index contributed by atoms with van der Waals surface area (Å²) in [5, 5.41) is 9.04. The van der Waals surface area contributed by atoms with Crippen molar-refractivity contribution in [2.45, 2.75) is 77.9 Å². The van der Waals surface area contributed by atoms with Gasteiger partial charge in [-0.05, 0) is 33.1 Å². The summed E-state index contributed by atoms with van der Waals surface area (Å²) >= 11 is 0. The largest absolute Gasteiger partial charge is 0.457 e. The first-order chi connectivity index (χ1) is 7.87. The summed E-state index contributed by atoms with van der Waals surface area (Å²) < 4.78 is 5.41. The van der Waals surface area contributed by atoms with E-state index in [0.717, 1.165) is 19.3 Å². The lowest BCUT2D eigenvalue weighted by Crippen LogP contribution is -2.45. The summed E-state index contributed by atoms with van der Waals surface area (Å²) in [5.41, 5.74) is -1.73. The van der Waals surface area contributed by atoms with Crippen LogP contribution in [0.2, 0.25) is 0 Å². The van der Waals surface area contributed by atoms with Crippen molar-refractivity contribution in [2.75, 3.05) is 0 Å². The molecule has 0 bridgehead atoms. The minimum Gasteiger partial charge on any atom is -0.457 e. The molecule has 0 rings (SSSR count). The Labute approximate surface area is 104 Å². The molecule has 1 atom stereocenters. The maximum atomic E-state index is 12.1. The van der Waals surface area contributed by atoms with Crippen molar-refractivity contribution < 1.29 is 19.7 Å². The molecule has 0 aliphatic heterocycles. The van der Waals surface area contributed by atoms with E-state index in [-0.39, 0.29) is 0 Å². The second-order valence-electron chi connectivity index (χ2n) is 5.05. The first-order valence-electron chi connectivity index (χ1n) is 6.43. The van der Waals surface area contributed by atoms with E-state index >= 15 is 0 Å². The molecule has 0 radical (unpaired) electrons. The third-order valence-corrected chi connectivity index (χ3v) is 3.27. The van der Waals surface area contributed by atoms with Crippen LogP contribution in [0, 0.1) is 0 Å². The van der Waals surface area contributed by atoms with E-state index in [1.807, 2.05) is 34.6 Å². The summed E-state index contributed by atoms with van der Waals surface area (Å²) in [6, 6.07) is 0. The smallest absolute Gasteiger partial charge is 0.342 e. The molecule has 0 amide bonds. The summed E-state index contributed by atoms with van der Waals surface area (Å²) in [6.07, 6.45) is 3.36. The van der Waals surface area contributed by atoms with Crippen LogP contribution in [0.25, 0.3) is 0 Å². The fourth-order valence-corrected chi connectivity index (χ4v) is 1.45. The number of carbonyl (C=O) groups excluding carboxylic acids is 1. The van der Waals surface area contributed by atoms with Crippen LogP contribution in [-0.4, -0.2) is 22.4 Å². The van der Waals surface area contributed by atoms with E-state index < -0.39 is 17.2 Å². The maximum absolute atomic E-state index is 12.1. The van der Waals surface area contributed by atoms with E-state index in [9.17, 15) is 4.79 Å². The number of carbonyl (C=O) groups is 1. The summed E-state index contributed by atoms with van der Waals surface area (Å²) in [5.74, 6) is -0.470. The van der Waals surface area contributed by atoms with Crippen molar-refractivity contribution in [2.24, 2.45) is 0 Å². The van der Waals surface area contributed by atoms with Gasteiger partial charge in [-0.2, -0.15) is 0 Å². The van der Waals surface area contributed by atoms with Gasteiger partial charge in [-0.15, -0.1) is 0 Å². The van der Waals surface area contributed by atoms with Gasteiger partial charge in [-0.3, -0.25) is 5.26 Å². The second-order valence-corrected chi connectivity index (χ2v) is 5.05. The van der Waals surface area contributed by atoms with Crippen molar-refractivity contribution >= 4 is 5.97 Å². The molecule has 0 saturated heterocycles. The Balaban J connectivity index is 4.75. The summed E-state index contributed by atoms with van der Waals surface area (Å²) in [7, 11) is 0. The van der Waals surface area contributed by atoms with Crippen LogP contribution in [0.4, 0.5) is 0 Å². The van der Waals surface area contributed by atoms with Gasteiger partial charge >= 0.3 is 5.97 Å². The third kappa shape index (κ3) is 4.64. The second kappa shape index (κ2) is 6.97. The minimum absolute atomic E-state index is 0.405. The molecule has 0 fully saturated rings. The lowest BCUT2D eigenvalue weighted by Gasteiger charge is -2.32. The van der Waals surface area contributed by atoms with Crippen molar-refractivity contribution in [1.82, 2.24) is 0 Å². The van der Waals surface area contributed by atoms with Gasteiger partial charge in [0.05, 0.1) is 0 Å². The van der Waals surface area contributed by atoms with E-state index in [4.69, 9.17) is 9.99 Å². The molecule has 1 unspecified atom stereocenters. The van der Waals surface area contributed by atoms with Gasteiger partial charge in [0.25, 0.3) is 0 Å². The third-order valence-electron chi connectivity index (χ3n) is 3.27. The monoisotopic (exact) mass is 246 g/mol. The fraction of sp³-hybridized carbons (Fsp3) is 0.923. The van der Waals surface area contributed by atoms with E-state index in [1.54, 1.807) is 0 Å². The quantitative estimate of drug-likeness (QED) is 0.404. The molecule has 17 heavy (non-hydrogen) atoms. The topological polar surface area (TPSA) is 55.8 Å². The number of ether oxygens (including phenoxy) is 1. The summed E-state index contributed by atoms with van der Waals surface area (Å²) in [6.45, 7) is 9.49. The Morgan fingerprint density at radius 3 is 2.12 bits per heavy atom. The molecule has 0 aromatic heterocycles. The van der Waals surface area contributed by atoms with Crippen LogP contribution in [0.1, 0.15) is 66.7 Å². The molecule has 0 heterocycles. The lowest BCUT2D eigenvalue weighted by atomic mass is 9.93. The highest BCUT2D eigenvalue weighted by atomic mass is 17.1. The normalized spacial score (nSPS) is 15.4. The molecule has 102 valence electrons. The highest BCUT2D eigenvalue weighted by Gasteiger charge is 2.42. The Morgan fingerprint density at radius 1 is 1.18 bits per heavy atom. The van der Waals surface area contributed by atoms with E-state index in [1.165, 1.54) is 0 Å². The van der Waals surface area contributed by atoms with Crippen LogP contribution in [0.5, 0.6) is 0 Å². The predicted molar refractivity (Wildman–Crippen MR) is 66.7 cm³/mol. The first kappa shape index (κ1) is 16.4. The number of esters is 1. The Bertz CT molecular complexity index is 232. The van der Waals surface area contributed by atoms with Crippen LogP contribution >= 0.6 is 0 Å². The Morgan fingerprint density at radius 2 is 1.76 bits per heavy atom. The van der Waals surface area contributed by atoms with Crippen molar-refractivity contribution in [1.29, 1.82) is 0 Å². The van der Waals surface area contributed by atoms with Gasteiger partial charge in [-0.1, -0.05) is 33.6 Å². The molecular weight excluding hydrogens is 220 g/mol. The van der Waals surface area contributed by atoms with Gasteiger partial charge in [0.2, 0.25) is 0 Å². The van der Waals surface area contributed by atoms with Gasteiger partial charge < -0.3 is 4.74 Å². The zero-order valence-corrected chi connectivity index (χ0v) is 11.7. The first-order valence-corrected chi connectivity index (χ1v) is 6.43. The van der Waals surface area contributed by atoms with Crippen LogP contribution in [0.3, 0.4) is 0 Å². The molecule has 0 spiro atoms.